The molecule has 1 heterocycles. The average molecular weight is 290 g/mol. The quantitative estimate of drug-likeness (QED) is 0.787. The maximum Gasteiger partial charge on any atom is 0.229 e. The van der Waals surface area contributed by atoms with E-state index < -0.39 is 24.6 Å². The van der Waals surface area contributed by atoms with Gasteiger partial charge < -0.3 is 24.8 Å². The molecule has 0 aromatic heterocycles. The molecule has 3 N–H and O–H groups in total. The third kappa shape index (κ3) is 3.01. The van der Waals surface area contributed by atoms with Crippen molar-refractivity contribution in [1.82, 2.24) is 0 Å². The number of aliphatic hydroxyl groups is 3. The smallest absolute Gasteiger partial charge is 0.229 e. The van der Waals surface area contributed by atoms with Crippen molar-refractivity contribution >= 4 is 10.8 Å². The molecular formula is C16H18O5. The van der Waals surface area contributed by atoms with Crippen LogP contribution in [-0.2, 0) is 4.74 Å². The lowest BCUT2D eigenvalue weighted by Gasteiger charge is -2.36. The Morgan fingerprint density at radius 3 is 2.62 bits per heavy atom. The van der Waals surface area contributed by atoms with Crippen LogP contribution in [0.4, 0.5) is 0 Å². The fraction of sp³-hybridized carbons (Fsp3) is 0.375. The Morgan fingerprint density at radius 2 is 1.86 bits per heavy atom. The van der Waals surface area contributed by atoms with Gasteiger partial charge in [0.15, 0.2) is 0 Å². The minimum atomic E-state index is -1.14. The summed E-state index contributed by atoms with van der Waals surface area (Å²) in [6.07, 6.45) is -3.45. The minimum Gasteiger partial charge on any atom is -0.462 e. The minimum absolute atomic E-state index is 0.190. The fourth-order valence-electron chi connectivity index (χ4n) is 2.51. The van der Waals surface area contributed by atoms with Gasteiger partial charge in [0.2, 0.25) is 6.29 Å². The average Bonchev–Trinajstić information content (AvgIpc) is 2.51. The fourth-order valence-corrected chi connectivity index (χ4v) is 2.51. The molecule has 5 nitrogen and oxygen atoms in total. The SMILES string of the molecule is OC[C@H]1C[C@H](O)[C@H](O)[C@H](Oc2ccc3ccccc3c2)O1. The van der Waals surface area contributed by atoms with Crippen LogP contribution in [0, 0.1) is 0 Å². The van der Waals surface area contributed by atoms with Crippen LogP contribution in [0.3, 0.4) is 0 Å². The highest BCUT2D eigenvalue weighted by atomic mass is 16.7. The van der Waals surface area contributed by atoms with Crippen molar-refractivity contribution in [2.24, 2.45) is 0 Å². The largest absolute Gasteiger partial charge is 0.462 e. The van der Waals surface area contributed by atoms with E-state index in [0.717, 1.165) is 10.8 Å². The van der Waals surface area contributed by atoms with E-state index in [2.05, 4.69) is 0 Å². The number of fused-ring (bicyclic) bond motifs is 1. The van der Waals surface area contributed by atoms with Gasteiger partial charge in [-0.25, -0.2) is 0 Å². The summed E-state index contributed by atoms with van der Waals surface area (Å²) in [5, 5.41) is 31.0. The Labute approximate surface area is 122 Å². The van der Waals surface area contributed by atoms with Gasteiger partial charge in [0.1, 0.15) is 11.9 Å². The van der Waals surface area contributed by atoms with Crippen molar-refractivity contribution in [3.8, 4) is 5.75 Å². The molecule has 1 fully saturated rings. The Kier molecular flexibility index (Phi) is 4.07. The maximum absolute atomic E-state index is 9.94. The van der Waals surface area contributed by atoms with E-state index in [1.165, 1.54) is 0 Å². The standard InChI is InChI=1S/C16H18O5/c17-9-13-8-14(18)15(19)16(21-13)20-12-6-5-10-3-1-2-4-11(10)7-12/h1-7,13-19H,8-9H2/t13-,14+,15+,16-/m1/s1. The summed E-state index contributed by atoms with van der Waals surface area (Å²) in [5.41, 5.74) is 0. The van der Waals surface area contributed by atoms with Gasteiger partial charge in [-0.1, -0.05) is 30.3 Å². The first-order valence-corrected chi connectivity index (χ1v) is 6.95. The molecule has 21 heavy (non-hydrogen) atoms. The summed E-state index contributed by atoms with van der Waals surface area (Å²) in [6, 6.07) is 13.4. The summed E-state index contributed by atoms with van der Waals surface area (Å²) in [4.78, 5) is 0. The number of ether oxygens (including phenoxy) is 2. The first-order valence-electron chi connectivity index (χ1n) is 6.95. The van der Waals surface area contributed by atoms with E-state index in [1.807, 2.05) is 36.4 Å². The predicted molar refractivity (Wildman–Crippen MR) is 77.0 cm³/mol. The molecule has 0 aliphatic carbocycles. The molecule has 1 aliphatic rings. The molecule has 1 aliphatic heterocycles. The molecule has 3 rings (SSSR count). The predicted octanol–water partition coefficient (Wildman–Crippen LogP) is 1.05. The van der Waals surface area contributed by atoms with Crippen LogP contribution in [0.1, 0.15) is 6.42 Å². The molecule has 1 saturated heterocycles. The third-order valence-corrected chi connectivity index (χ3v) is 3.68. The summed E-state index contributed by atoms with van der Waals surface area (Å²) in [6.45, 7) is -0.221. The molecule has 0 unspecified atom stereocenters. The molecule has 2 aromatic carbocycles. The van der Waals surface area contributed by atoms with Crippen LogP contribution >= 0.6 is 0 Å². The van der Waals surface area contributed by atoms with Crippen LogP contribution in [0.5, 0.6) is 5.75 Å². The van der Waals surface area contributed by atoms with E-state index in [9.17, 15) is 10.2 Å². The molecular weight excluding hydrogens is 272 g/mol. The van der Waals surface area contributed by atoms with Gasteiger partial charge in [0, 0.05) is 6.42 Å². The number of aliphatic hydroxyl groups excluding tert-OH is 3. The van der Waals surface area contributed by atoms with Gasteiger partial charge >= 0.3 is 0 Å². The van der Waals surface area contributed by atoms with E-state index in [1.54, 1.807) is 6.07 Å². The normalized spacial score (nSPS) is 29.5. The molecule has 5 heteroatoms. The topological polar surface area (TPSA) is 79.2 Å². The van der Waals surface area contributed by atoms with Crippen molar-refractivity contribution in [1.29, 1.82) is 0 Å². The summed E-state index contributed by atoms with van der Waals surface area (Å²) < 4.78 is 11.1. The first kappa shape index (κ1) is 14.3. The zero-order valence-corrected chi connectivity index (χ0v) is 11.4. The van der Waals surface area contributed by atoms with Crippen LogP contribution in [0.2, 0.25) is 0 Å². The lowest BCUT2D eigenvalue weighted by atomic mass is 10.0. The second-order valence-corrected chi connectivity index (χ2v) is 5.23. The van der Waals surface area contributed by atoms with Crippen molar-refractivity contribution < 1.29 is 24.8 Å². The summed E-state index contributed by atoms with van der Waals surface area (Å²) in [7, 11) is 0. The summed E-state index contributed by atoms with van der Waals surface area (Å²) >= 11 is 0. The van der Waals surface area contributed by atoms with E-state index >= 15 is 0 Å². The Balaban J connectivity index is 1.79. The zero-order valence-electron chi connectivity index (χ0n) is 11.4. The molecule has 4 atom stereocenters. The van der Waals surface area contributed by atoms with Crippen LogP contribution in [0.15, 0.2) is 42.5 Å². The van der Waals surface area contributed by atoms with E-state index in [4.69, 9.17) is 14.6 Å². The van der Waals surface area contributed by atoms with Crippen molar-refractivity contribution in [2.45, 2.75) is 31.0 Å². The maximum atomic E-state index is 9.94. The van der Waals surface area contributed by atoms with Gasteiger partial charge in [-0.05, 0) is 22.9 Å². The van der Waals surface area contributed by atoms with Gasteiger partial charge in [0.05, 0.1) is 18.8 Å². The number of rotatable bonds is 3. The van der Waals surface area contributed by atoms with Gasteiger partial charge in [-0.15, -0.1) is 0 Å². The highest BCUT2D eigenvalue weighted by molar-refractivity contribution is 5.83. The molecule has 0 bridgehead atoms. The highest BCUT2D eigenvalue weighted by Gasteiger charge is 2.38. The van der Waals surface area contributed by atoms with Crippen molar-refractivity contribution in [3.63, 3.8) is 0 Å². The monoisotopic (exact) mass is 290 g/mol. The molecule has 0 radical (unpaired) electrons. The molecule has 0 spiro atoms. The lowest BCUT2D eigenvalue weighted by Crippen LogP contribution is -2.51. The lowest BCUT2D eigenvalue weighted by molar-refractivity contribution is -0.240. The first-order chi connectivity index (χ1) is 10.2. The zero-order chi connectivity index (χ0) is 14.8. The number of benzene rings is 2. The molecule has 0 saturated carbocycles. The van der Waals surface area contributed by atoms with Crippen LogP contribution in [0.25, 0.3) is 10.8 Å². The second-order valence-electron chi connectivity index (χ2n) is 5.23. The van der Waals surface area contributed by atoms with Gasteiger partial charge in [0.25, 0.3) is 0 Å². The number of hydrogen-bond acceptors (Lipinski definition) is 5. The molecule has 0 amide bonds. The number of hydrogen-bond donors (Lipinski definition) is 3. The molecule has 112 valence electrons. The highest BCUT2D eigenvalue weighted by Crippen LogP contribution is 2.26. The Bertz CT molecular complexity index is 614. The Hall–Kier alpha value is -1.66. The molecule has 2 aromatic rings. The van der Waals surface area contributed by atoms with Crippen molar-refractivity contribution in [3.05, 3.63) is 42.5 Å². The van der Waals surface area contributed by atoms with Gasteiger partial charge in [-0.3, -0.25) is 0 Å². The third-order valence-electron chi connectivity index (χ3n) is 3.68. The van der Waals surface area contributed by atoms with E-state index in [-0.39, 0.29) is 13.0 Å². The summed E-state index contributed by atoms with van der Waals surface area (Å²) in [5.74, 6) is 0.545. The van der Waals surface area contributed by atoms with Crippen LogP contribution < -0.4 is 4.74 Å². The second kappa shape index (κ2) is 5.99. The van der Waals surface area contributed by atoms with E-state index in [0.29, 0.717) is 5.75 Å². The van der Waals surface area contributed by atoms with Crippen LogP contribution in [-0.4, -0.2) is 46.5 Å². The van der Waals surface area contributed by atoms with Gasteiger partial charge in [-0.2, -0.15) is 0 Å². The Morgan fingerprint density at radius 1 is 1.10 bits per heavy atom. The van der Waals surface area contributed by atoms with Crippen molar-refractivity contribution in [2.75, 3.05) is 6.61 Å².